The molecule has 2 N–H and O–H groups in total. The number of nitrogens with zero attached hydrogens (tertiary/aromatic N) is 1. The predicted octanol–water partition coefficient (Wildman–Crippen LogP) is 2.76. The van der Waals surface area contributed by atoms with Crippen LogP contribution in [0.3, 0.4) is 0 Å². The second-order valence-electron chi connectivity index (χ2n) is 7.89. The maximum atomic E-state index is 14.7. The lowest BCUT2D eigenvalue weighted by Gasteiger charge is -2.29. The molecule has 0 saturated carbocycles. The smallest absolute Gasteiger partial charge is 0.337 e. The number of carbonyl (C=O) groups is 4. The van der Waals surface area contributed by atoms with Gasteiger partial charge < -0.3 is 10.2 Å². The standard InChI is InChI=1S/C22H16F5N3O4/c23-12-3-1-10(2-4-12)18(22(25,26)27)29-19(32)14-7-11-9-30(21(34)13(11)8-15(14)24)16-5-6-17(31)28-20(16)33/h1-4,7-8,16,18H,5-6,9H2,(H,29,32)(H,28,31,33)/t16?,18-/m1/s1. The number of fused-ring (bicyclic) bond motifs is 1. The van der Waals surface area contributed by atoms with Crippen molar-refractivity contribution in [3.63, 3.8) is 0 Å². The topological polar surface area (TPSA) is 95.6 Å². The molecule has 1 fully saturated rings. The molecule has 0 aliphatic carbocycles. The molecule has 2 heterocycles. The molecule has 1 saturated heterocycles. The van der Waals surface area contributed by atoms with Crippen LogP contribution in [0.15, 0.2) is 36.4 Å². The van der Waals surface area contributed by atoms with E-state index in [-0.39, 0.29) is 30.5 Å². The van der Waals surface area contributed by atoms with Crippen LogP contribution in [0, 0.1) is 11.6 Å². The third-order valence-electron chi connectivity index (χ3n) is 5.66. The second-order valence-corrected chi connectivity index (χ2v) is 7.89. The zero-order valence-electron chi connectivity index (χ0n) is 17.2. The summed E-state index contributed by atoms with van der Waals surface area (Å²) in [6.45, 7) is -0.193. The summed E-state index contributed by atoms with van der Waals surface area (Å²) < 4.78 is 68.5. The molecule has 7 nitrogen and oxygen atoms in total. The summed E-state index contributed by atoms with van der Waals surface area (Å²) in [6.07, 6.45) is -4.90. The fraction of sp³-hybridized carbons (Fsp3) is 0.273. The van der Waals surface area contributed by atoms with Crippen molar-refractivity contribution < 1.29 is 41.1 Å². The van der Waals surface area contributed by atoms with Gasteiger partial charge in [-0.15, -0.1) is 0 Å². The highest BCUT2D eigenvalue weighted by Crippen LogP contribution is 2.34. The van der Waals surface area contributed by atoms with Crippen LogP contribution in [0.4, 0.5) is 22.0 Å². The van der Waals surface area contributed by atoms with Gasteiger partial charge in [-0.3, -0.25) is 24.5 Å². The van der Waals surface area contributed by atoms with E-state index in [1.807, 2.05) is 0 Å². The first kappa shape index (κ1) is 23.3. The zero-order chi connectivity index (χ0) is 24.8. The van der Waals surface area contributed by atoms with Gasteiger partial charge in [-0.2, -0.15) is 13.2 Å². The number of imide groups is 1. The number of amides is 4. The summed E-state index contributed by atoms with van der Waals surface area (Å²) in [7, 11) is 0. The van der Waals surface area contributed by atoms with Gasteiger partial charge in [-0.1, -0.05) is 12.1 Å². The van der Waals surface area contributed by atoms with Crippen LogP contribution < -0.4 is 10.6 Å². The molecular weight excluding hydrogens is 465 g/mol. The summed E-state index contributed by atoms with van der Waals surface area (Å²) in [4.78, 5) is 49.9. The maximum absolute atomic E-state index is 14.7. The summed E-state index contributed by atoms with van der Waals surface area (Å²) in [5.41, 5.74) is -1.17. The summed E-state index contributed by atoms with van der Waals surface area (Å²) in [6, 6.07) is 1.48. The third-order valence-corrected chi connectivity index (χ3v) is 5.66. The predicted molar refractivity (Wildman–Crippen MR) is 105 cm³/mol. The van der Waals surface area contributed by atoms with Crippen LogP contribution >= 0.6 is 0 Å². The Morgan fingerprint density at radius 2 is 1.76 bits per heavy atom. The number of alkyl halides is 3. The normalized spacial score (nSPS) is 19.0. The van der Waals surface area contributed by atoms with Crippen molar-refractivity contribution in [1.29, 1.82) is 0 Å². The minimum atomic E-state index is -4.96. The van der Waals surface area contributed by atoms with E-state index in [1.165, 1.54) is 0 Å². The van der Waals surface area contributed by atoms with Crippen molar-refractivity contribution in [2.45, 2.75) is 37.6 Å². The van der Waals surface area contributed by atoms with Crippen molar-refractivity contribution in [2.24, 2.45) is 0 Å². The van der Waals surface area contributed by atoms with Crippen LogP contribution in [0.2, 0.25) is 0 Å². The monoisotopic (exact) mass is 481 g/mol. The van der Waals surface area contributed by atoms with E-state index >= 15 is 0 Å². The average Bonchev–Trinajstić information content (AvgIpc) is 3.06. The highest BCUT2D eigenvalue weighted by atomic mass is 19.4. The highest BCUT2D eigenvalue weighted by Gasteiger charge is 2.43. The van der Waals surface area contributed by atoms with E-state index < -0.39 is 64.7 Å². The number of nitrogens with one attached hydrogen (secondary N) is 2. The Labute approximate surface area is 188 Å². The molecule has 0 radical (unpaired) electrons. The van der Waals surface area contributed by atoms with Gasteiger partial charge in [0.2, 0.25) is 11.8 Å². The number of hydrogen-bond donors (Lipinski definition) is 2. The Bertz CT molecular complexity index is 1200. The molecule has 0 aromatic heterocycles. The first-order valence-corrected chi connectivity index (χ1v) is 10.1. The first-order valence-electron chi connectivity index (χ1n) is 10.1. The van der Waals surface area contributed by atoms with Gasteiger partial charge in [0.1, 0.15) is 17.7 Å². The number of benzene rings is 2. The average molecular weight is 481 g/mol. The molecule has 12 heteroatoms. The van der Waals surface area contributed by atoms with Crippen LogP contribution in [0.5, 0.6) is 0 Å². The Balaban J connectivity index is 1.59. The lowest BCUT2D eigenvalue weighted by atomic mass is 10.0. The molecule has 34 heavy (non-hydrogen) atoms. The molecule has 1 unspecified atom stereocenters. The fourth-order valence-corrected chi connectivity index (χ4v) is 3.98. The number of carbonyl (C=O) groups excluding carboxylic acids is 4. The van der Waals surface area contributed by atoms with Crippen molar-refractivity contribution in [2.75, 3.05) is 0 Å². The molecular formula is C22H16F5N3O4. The van der Waals surface area contributed by atoms with Crippen LogP contribution in [-0.4, -0.2) is 40.7 Å². The van der Waals surface area contributed by atoms with Gasteiger partial charge in [-0.25, -0.2) is 8.78 Å². The Morgan fingerprint density at radius 3 is 2.38 bits per heavy atom. The molecule has 178 valence electrons. The molecule has 0 bridgehead atoms. The Hall–Kier alpha value is -3.83. The molecule has 2 aromatic rings. The molecule has 4 amide bonds. The van der Waals surface area contributed by atoms with Gasteiger partial charge in [0.05, 0.1) is 5.56 Å². The fourth-order valence-electron chi connectivity index (χ4n) is 3.98. The van der Waals surface area contributed by atoms with Gasteiger partial charge in [0.25, 0.3) is 11.8 Å². The van der Waals surface area contributed by atoms with Crippen LogP contribution in [0.1, 0.15) is 50.7 Å². The van der Waals surface area contributed by atoms with Crippen molar-refractivity contribution >= 4 is 23.6 Å². The quantitative estimate of drug-likeness (QED) is 0.519. The van der Waals surface area contributed by atoms with E-state index in [1.54, 1.807) is 5.32 Å². The minimum Gasteiger partial charge on any atom is -0.337 e. The minimum absolute atomic E-state index is 0.000759. The molecule has 2 aromatic carbocycles. The molecule has 2 aliphatic rings. The van der Waals surface area contributed by atoms with E-state index in [9.17, 15) is 41.1 Å². The number of hydrogen-bond acceptors (Lipinski definition) is 4. The van der Waals surface area contributed by atoms with Crippen molar-refractivity contribution in [3.8, 4) is 0 Å². The van der Waals surface area contributed by atoms with Gasteiger partial charge >= 0.3 is 6.18 Å². The van der Waals surface area contributed by atoms with Gasteiger partial charge in [0.15, 0.2) is 6.04 Å². The lowest BCUT2D eigenvalue weighted by Crippen LogP contribution is -2.52. The Kier molecular flexibility index (Phi) is 5.84. The van der Waals surface area contributed by atoms with Crippen molar-refractivity contribution in [1.82, 2.24) is 15.5 Å². The summed E-state index contributed by atoms with van der Waals surface area (Å²) >= 11 is 0. The zero-order valence-corrected chi connectivity index (χ0v) is 17.2. The highest BCUT2D eigenvalue weighted by molar-refractivity contribution is 6.06. The van der Waals surface area contributed by atoms with E-state index in [0.29, 0.717) is 0 Å². The Morgan fingerprint density at radius 1 is 1.09 bits per heavy atom. The summed E-state index contributed by atoms with van der Waals surface area (Å²) in [5, 5.41) is 3.82. The third kappa shape index (κ3) is 4.35. The van der Waals surface area contributed by atoms with E-state index in [2.05, 4.69) is 5.32 Å². The first-order chi connectivity index (χ1) is 16.0. The SMILES string of the molecule is O=C1CCC(N2Cc3cc(C(=O)N[C@H](c4ccc(F)cc4)C(F)(F)F)c(F)cc3C2=O)C(=O)N1. The molecule has 2 atom stereocenters. The number of piperidine rings is 1. The van der Waals surface area contributed by atoms with Crippen LogP contribution in [-0.2, 0) is 16.1 Å². The number of halogens is 5. The molecule has 0 spiro atoms. The van der Waals surface area contributed by atoms with E-state index in [4.69, 9.17) is 0 Å². The largest absolute Gasteiger partial charge is 0.412 e. The maximum Gasteiger partial charge on any atom is 0.412 e. The van der Waals surface area contributed by atoms with Crippen LogP contribution in [0.25, 0.3) is 0 Å². The number of rotatable bonds is 4. The molecule has 4 rings (SSSR count). The second kappa shape index (κ2) is 8.50. The van der Waals surface area contributed by atoms with Gasteiger partial charge in [-0.05, 0) is 41.8 Å². The van der Waals surface area contributed by atoms with Gasteiger partial charge in [0, 0.05) is 18.5 Å². The van der Waals surface area contributed by atoms with Crippen molar-refractivity contribution in [3.05, 3.63) is 70.3 Å². The lowest BCUT2D eigenvalue weighted by molar-refractivity contribution is -0.155. The molecule has 2 aliphatic heterocycles. The van der Waals surface area contributed by atoms with E-state index in [0.717, 1.165) is 41.3 Å². The summed E-state index contributed by atoms with van der Waals surface area (Å²) in [5.74, 6) is -5.27.